The van der Waals surface area contributed by atoms with E-state index in [0.717, 1.165) is 6.08 Å². The van der Waals surface area contributed by atoms with Gasteiger partial charge in [0.15, 0.2) is 0 Å². The van der Waals surface area contributed by atoms with Gasteiger partial charge in [0.05, 0.1) is 10.6 Å². The van der Waals surface area contributed by atoms with Crippen molar-refractivity contribution in [1.29, 1.82) is 0 Å². The van der Waals surface area contributed by atoms with Crippen LogP contribution in [0.4, 0.5) is 0 Å². The Kier molecular flexibility index (Phi) is 3.46. The number of benzene rings is 1. The van der Waals surface area contributed by atoms with E-state index in [9.17, 15) is 9.59 Å². The first kappa shape index (κ1) is 11.3. The molecule has 0 aliphatic rings. The summed E-state index contributed by atoms with van der Waals surface area (Å²) in [5.74, 6) is -2.34. The Labute approximate surface area is 90.4 Å². The van der Waals surface area contributed by atoms with Crippen LogP contribution in [-0.4, -0.2) is 22.2 Å². The minimum Gasteiger partial charge on any atom is -0.478 e. The number of hydrogen-bond donors (Lipinski definition) is 2. The summed E-state index contributed by atoms with van der Waals surface area (Å²) in [6.45, 7) is 0. The van der Waals surface area contributed by atoms with Crippen molar-refractivity contribution in [1.82, 2.24) is 0 Å². The first-order valence-corrected chi connectivity index (χ1v) is 4.33. The number of aliphatic carboxylic acids is 1. The molecule has 1 aromatic rings. The number of carbonyl (C=O) groups is 2. The van der Waals surface area contributed by atoms with Crippen molar-refractivity contribution in [2.75, 3.05) is 0 Å². The summed E-state index contributed by atoms with van der Waals surface area (Å²) in [5.41, 5.74) is 0.161. The zero-order chi connectivity index (χ0) is 11.4. The molecule has 0 radical (unpaired) electrons. The van der Waals surface area contributed by atoms with E-state index in [1.807, 2.05) is 0 Å². The predicted octanol–water partition coefficient (Wildman–Crippen LogP) is 2.14. The molecule has 0 aliphatic carbocycles. The third-order valence-electron chi connectivity index (χ3n) is 1.67. The van der Waals surface area contributed by atoms with Gasteiger partial charge in [-0.25, -0.2) is 9.59 Å². The van der Waals surface area contributed by atoms with Gasteiger partial charge in [-0.05, 0) is 17.7 Å². The maximum absolute atomic E-state index is 10.8. The summed E-state index contributed by atoms with van der Waals surface area (Å²) in [7, 11) is 0. The Morgan fingerprint density at radius 2 is 1.93 bits per heavy atom. The summed E-state index contributed by atoms with van der Waals surface area (Å²) in [4.78, 5) is 21.1. The van der Waals surface area contributed by atoms with Gasteiger partial charge in [-0.3, -0.25) is 0 Å². The summed E-state index contributed by atoms with van der Waals surface area (Å²) in [6, 6.07) is 4.47. The molecule has 1 rings (SSSR count). The second kappa shape index (κ2) is 4.61. The molecule has 0 amide bonds. The van der Waals surface area contributed by atoms with Gasteiger partial charge in [0.2, 0.25) is 0 Å². The maximum Gasteiger partial charge on any atom is 0.337 e. The zero-order valence-corrected chi connectivity index (χ0v) is 8.23. The molecule has 0 aromatic heterocycles. The van der Waals surface area contributed by atoms with Crippen molar-refractivity contribution >= 4 is 29.6 Å². The largest absolute Gasteiger partial charge is 0.478 e. The fourth-order valence-electron chi connectivity index (χ4n) is 1.07. The molecule has 0 aliphatic heterocycles. The smallest absolute Gasteiger partial charge is 0.337 e. The van der Waals surface area contributed by atoms with E-state index in [-0.39, 0.29) is 16.1 Å². The van der Waals surface area contributed by atoms with Crippen molar-refractivity contribution < 1.29 is 19.8 Å². The number of rotatable bonds is 3. The lowest BCUT2D eigenvalue weighted by Crippen LogP contribution is -2.00. The summed E-state index contributed by atoms with van der Waals surface area (Å²) >= 11 is 5.68. The van der Waals surface area contributed by atoms with Crippen LogP contribution in [0.5, 0.6) is 0 Å². The van der Waals surface area contributed by atoms with Crippen LogP contribution in [0.25, 0.3) is 6.08 Å². The van der Waals surface area contributed by atoms with Crippen LogP contribution >= 0.6 is 11.6 Å². The third kappa shape index (κ3) is 2.82. The molecule has 0 atom stereocenters. The molecule has 0 unspecified atom stereocenters. The van der Waals surface area contributed by atoms with Gasteiger partial charge >= 0.3 is 11.9 Å². The van der Waals surface area contributed by atoms with Crippen molar-refractivity contribution in [3.63, 3.8) is 0 Å². The topological polar surface area (TPSA) is 74.6 Å². The molecule has 0 heterocycles. The van der Waals surface area contributed by atoms with Gasteiger partial charge in [-0.2, -0.15) is 0 Å². The lowest BCUT2D eigenvalue weighted by atomic mass is 10.1. The summed E-state index contributed by atoms with van der Waals surface area (Å²) in [6.07, 6.45) is 2.05. The third-order valence-corrected chi connectivity index (χ3v) is 1.98. The molecule has 2 N–H and O–H groups in total. The molecule has 78 valence electrons. The predicted molar refractivity (Wildman–Crippen MR) is 55.1 cm³/mol. The van der Waals surface area contributed by atoms with Crippen molar-refractivity contribution in [3.05, 3.63) is 40.4 Å². The molecule has 0 fully saturated rings. The molecule has 5 heteroatoms. The van der Waals surface area contributed by atoms with Gasteiger partial charge in [0.1, 0.15) is 0 Å². The SMILES string of the molecule is O=C(O)C=Cc1cccc(Cl)c1C(=O)O. The Hall–Kier alpha value is -1.81. The Bertz CT molecular complexity index is 437. The Morgan fingerprint density at radius 3 is 2.47 bits per heavy atom. The molecule has 15 heavy (non-hydrogen) atoms. The zero-order valence-electron chi connectivity index (χ0n) is 7.48. The van der Waals surface area contributed by atoms with Crippen LogP contribution in [0.2, 0.25) is 5.02 Å². The quantitative estimate of drug-likeness (QED) is 0.775. The van der Waals surface area contributed by atoms with Crippen LogP contribution in [0.1, 0.15) is 15.9 Å². The molecular weight excluding hydrogens is 220 g/mol. The van der Waals surface area contributed by atoms with E-state index >= 15 is 0 Å². The monoisotopic (exact) mass is 226 g/mol. The molecular formula is C10H7ClO4. The standard InChI is InChI=1S/C10H7ClO4/c11-7-3-1-2-6(4-5-8(12)13)9(7)10(14)15/h1-5H,(H,12,13)(H,14,15). The normalized spacial score (nSPS) is 10.5. The highest BCUT2D eigenvalue weighted by atomic mass is 35.5. The van der Waals surface area contributed by atoms with E-state index in [4.69, 9.17) is 21.8 Å². The van der Waals surface area contributed by atoms with E-state index in [1.165, 1.54) is 18.2 Å². The lowest BCUT2D eigenvalue weighted by Gasteiger charge is -2.02. The minimum absolute atomic E-state index is 0.0787. The number of carboxylic acids is 2. The van der Waals surface area contributed by atoms with Crippen molar-refractivity contribution in [2.45, 2.75) is 0 Å². The summed E-state index contributed by atoms with van der Waals surface area (Å²) < 4.78 is 0. The fraction of sp³-hybridized carbons (Fsp3) is 0. The number of carboxylic acid groups (broad SMARTS) is 2. The molecule has 1 aromatic carbocycles. The maximum atomic E-state index is 10.8. The van der Waals surface area contributed by atoms with Gasteiger partial charge < -0.3 is 10.2 Å². The van der Waals surface area contributed by atoms with Gasteiger partial charge in [0.25, 0.3) is 0 Å². The van der Waals surface area contributed by atoms with Gasteiger partial charge in [-0.1, -0.05) is 23.7 Å². The molecule has 0 saturated carbocycles. The van der Waals surface area contributed by atoms with Crippen molar-refractivity contribution in [2.24, 2.45) is 0 Å². The second-order valence-electron chi connectivity index (χ2n) is 2.68. The molecule has 4 nitrogen and oxygen atoms in total. The van der Waals surface area contributed by atoms with Crippen molar-refractivity contribution in [3.8, 4) is 0 Å². The van der Waals surface area contributed by atoms with Crippen LogP contribution in [-0.2, 0) is 4.79 Å². The first-order chi connectivity index (χ1) is 7.02. The van der Waals surface area contributed by atoms with Crippen LogP contribution in [0.15, 0.2) is 24.3 Å². The number of hydrogen-bond acceptors (Lipinski definition) is 2. The molecule has 0 bridgehead atoms. The second-order valence-corrected chi connectivity index (χ2v) is 3.09. The van der Waals surface area contributed by atoms with E-state index in [2.05, 4.69) is 0 Å². The molecule has 0 spiro atoms. The highest BCUT2D eigenvalue weighted by Gasteiger charge is 2.12. The van der Waals surface area contributed by atoms with Crippen LogP contribution < -0.4 is 0 Å². The fourth-order valence-corrected chi connectivity index (χ4v) is 1.33. The van der Waals surface area contributed by atoms with E-state index < -0.39 is 11.9 Å². The highest BCUT2D eigenvalue weighted by Crippen LogP contribution is 2.21. The minimum atomic E-state index is -1.19. The Balaban J connectivity index is 3.23. The Morgan fingerprint density at radius 1 is 1.27 bits per heavy atom. The summed E-state index contributed by atoms with van der Waals surface area (Å²) in [5, 5.41) is 17.3. The van der Waals surface area contributed by atoms with E-state index in [1.54, 1.807) is 6.07 Å². The average molecular weight is 227 g/mol. The number of halogens is 1. The average Bonchev–Trinajstić information content (AvgIpc) is 2.13. The van der Waals surface area contributed by atoms with Gasteiger partial charge in [-0.15, -0.1) is 0 Å². The number of aromatic carboxylic acids is 1. The highest BCUT2D eigenvalue weighted by molar-refractivity contribution is 6.33. The van der Waals surface area contributed by atoms with Gasteiger partial charge in [0, 0.05) is 6.08 Å². The van der Waals surface area contributed by atoms with Crippen LogP contribution in [0.3, 0.4) is 0 Å². The lowest BCUT2D eigenvalue weighted by molar-refractivity contribution is -0.131. The molecule has 0 saturated heterocycles. The van der Waals surface area contributed by atoms with E-state index in [0.29, 0.717) is 0 Å². The first-order valence-electron chi connectivity index (χ1n) is 3.95. The van der Waals surface area contributed by atoms with Crippen LogP contribution in [0, 0.1) is 0 Å².